The van der Waals surface area contributed by atoms with E-state index in [9.17, 15) is 0 Å². The van der Waals surface area contributed by atoms with Crippen LogP contribution in [0.1, 0.15) is 11.4 Å². The van der Waals surface area contributed by atoms with Gasteiger partial charge >= 0.3 is 0 Å². The van der Waals surface area contributed by atoms with Crippen LogP contribution < -0.4 is 5.32 Å². The standard InChI is InChI=1S/C11H13ClN4/c1-16-11(14-8-15-16)7-13-6-9-4-2-3-5-10(9)12/h2-5,8,13H,6-7H2,1H3. The van der Waals surface area contributed by atoms with E-state index in [-0.39, 0.29) is 0 Å². The molecule has 0 aliphatic heterocycles. The first kappa shape index (κ1) is 11.1. The molecule has 0 fully saturated rings. The quantitative estimate of drug-likeness (QED) is 0.880. The lowest BCUT2D eigenvalue weighted by atomic mass is 10.2. The molecule has 1 aromatic heterocycles. The molecule has 2 aromatic rings. The largest absolute Gasteiger partial charge is 0.306 e. The van der Waals surface area contributed by atoms with Gasteiger partial charge in [0.2, 0.25) is 0 Å². The zero-order valence-corrected chi connectivity index (χ0v) is 9.78. The van der Waals surface area contributed by atoms with E-state index >= 15 is 0 Å². The van der Waals surface area contributed by atoms with Crippen molar-refractivity contribution in [2.45, 2.75) is 13.1 Å². The second-order valence-corrected chi connectivity index (χ2v) is 3.90. The smallest absolute Gasteiger partial charge is 0.140 e. The fourth-order valence-electron chi connectivity index (χ4n) is 1.43. The number of aryl methyl sites for hydroxylation is 1. The lowest BCUT2D eigenvalue weighted by molar-refractivity contribution is 0.614. The summed E-state index contributed by atoms with van der Waals surface area (Å²) in [4.78, 5) is 4.13. The van der Waals surface area contributed by atoms with E-state index in [1.54, 1.807) is 11.0 Å². The average Bonchev–Trinajstić information content (AvgIpc) is 2.67. The van der Waals surface area contributed by atoms with E-state index in [1.807, 2.05) is 31.3 Å². The van der Waals surface area contributed by atoms with Crippen LogP contribution in [0, 0.1) is 0 Å². The number of nitrogens with zero attached hydrogens (tertiary/aromatic N) is 3. The molecular formula is C11H13ClN4. The summed E-state index contributed by atoms with van der Waals surface area (Å²) in [6, 6.07) is 7.80. The van der Waals surface area contributed by atoms with E-state index in [0.29, 0.717) is 6.54 Å². The SMILES string of the molecule is Cn1ncnc1CNCc1ccccc1Cl. The highest BCUT2D eigenvalue weighted by Crippen LogP contribution is 2.14. The van der Waals surface area contributed by atoms with Crippen LogP contribution in [0.2, 0.25) is 5.02 Å². The topological polar surface area (TPSA) is 42.7 Å². The minimum Gasteiger partial charge on any atom is -0.306 e. The maximum Gasteiger partial charge on any atom is 0.140 e. The molecule has 0 unspecified atom stereocenters. The summed E-state index contributed by atoms with van der Waals surface area (Å²) in [6.07, 6.45) is 1.55. The summed E-state index contributed by atoms with van der Waals surface area (Å²) in [5.41, 5.74) is 1.09. The Morgan fingerprint density at radius 1 is 1.31 bits per heavy atom. The number of hydrogen-bond donors (Lipinski definition) is 1. The van der Waals surface area contributed by atoms with Crippen molar-refractivity contribution in [3.05, 3.63) is 47.0 Å². The fourth-order valence-corrected chi connectivity index (χ4v) is 1.63. The number of hydrogen-bond acceptors (Lipinski definition) is 3. The Labute approximate surface area is 99.3 Å². The Kier molecular flexibility index (Phi) is 3.54. The molecule has 0 saturated heterocycles. The Hall–Kier alpha value is -1.39. The van der Waals surface area contributed by atoms with Crippen molar-refractivity contribution in [2.24, 2.45) is 7.05 Å². The molecule has 0 aliphatic rings. The molecule has 2 rings (SSSR count). The van der Waals surface area contributed by atoms with Gasteiger partial charge in [0.1, 0.15) is 12.2 Å². The highest BCUT2D eigenvalue weighted by molar-refractivity contribution is 6.31. The third kappa shape index (κ3) is 2.59. The van der Waals surface area contributed by atoms with Crippen LogP contribution in [-0.2, 0) is 20.1 Å². The molecular weight excluding hydrogens is 224 g/mol. The zero-order valence-electron chi connectivity index (χ0n) is 9.02. The minimum absolute atomic E-state index is 0.682. The van der Waals surface area contributed by atoms with Gasteiger partial charge in [-0.25, -0.2) is 4.98 Å². The van der Waals surface area contributed by atoms with Gasteiger partial charge in [-0.05, 0) is 11.6 Å². The van der Waals surface area contributed by atoms with Crippen molar-refractivity contribution >= 4 is 11.6 Å². The van der Waals surface area contributed by atoms with E-state index in [2.05, 4.69) is 15.4 Å². The van der Waals surface area contributed by atoms with Gasteiger partial charge in [-0.1, -0.05) is 29.8 Å². The molecule has 0 amide bonds. The van der Waals surface area contributed by atoms with E-state index < -0.39 is 0 Å². The third-order valence-corrected chi connectivity index (χ3v) is 2.73. The molecule has 1 heterocycles. The Morgan fingerprint density at radius 2 is 2.12 bits per heavy atom. The Balaban J connectivity index is 1.89. The highest BCUT2D eigenvalue weighted by Gasteiger charge is 2.01. The second kappa shape index (κ2) is 5.09. The Morgan fingerprint density at radius 3 is 2.81 bits per heavy atom. The summed E-state index contributed by atoms with van der Waals surface area (Å²) < 4.78 is 1.75. The highest BCUT2D eigenvalue weighted by atomic mass is 35.5. The minimum atomic E-state index is 0.682. The first-order valence-electron chi connectivity index (χ1n) is 5.04. The third-order valence-electron chi connectivity index (χ3n) is 2.36. The molecule has 0 radical (unpaired) electrons. The van der Waals surface area contributed by atoms with Crippen LogP contribution in [0.25, 0.3) is 0 Å². The number of aromatic nitrogens is 3. The summed E-state index contributed by atoms with van der Waals surface area (Å²) in [5.74, 6) is 0.909. The molecule has 0 bridgehead atoms. The number of benzene rings is 1. The lowest BCUT2D eigenvalue weighted by Crippen LogP contribution is -2.16. The van der Waals surface area contributed by atoms with Crippen molar-refractivity contribution < 1.29 is 0 Å². The van der Waals surface area contributed by atoms with Crippen molar-refractivity contribution in [3.63, 3.8) is 0 Å². The van der Waals surface area contributed by atoms with E-state index in [4.69, 9.17) is 11.6 Å². The molecule has 0 spiro atoms. The molecule has 16 heavy (non-hydrogen) atoms. The number of halogens is 1. The van der Waals surface area contributed by atoms with Gasteiger partial charge in [0.05, 0.1) is 6.54 Å². The first-order chi connectivity index (χ1) is 7.77. The van der Waals surface area contributed by atoms with Gasteiger partial charge in [0.25, 0.3) is 0 Å². The molecule has 4 nitrogen and oxygen atoms in total. The van der Waals surface area contributed by atoms with E-state index in [1.165, 1.54) is 0 Å². The number of nitrogens with one attached hydrogen (secondary N) is 1. The van der Waals surface area contributed by atoms with Gasteiger partial charge in [-0.3, -0.25) is 4.68 Å². The first-order valence-corrected chi connectivity index (χ1v) is 5.42. The molecule has 0 aliphatic carbocycles. The van der Waals surface area contributed by atoms with E-state index in [0.717, 1.165) is 23.0 Å². The van der Waals surface area contributed by atoms with Crippen LogP contribution in [0.3, 0.4) is 0 Å². The average molecular weight is 237 g/mol. The van der Waals surface area contributed by atoms with Crippen molar-refractivity contribution in [1.82, 2.24) is 20.1 Å². The van der Waals surface area contributed by atoms with Gasteiger partial charge in [-0.2, -0.15) is 5.10 Å². The summed E-state index contributed by atoms with van der Waals surface area (Å²) >= 11 is 6.04. The van der Waals surface area contributed by atoms with Crippen molar-refractivity contribution in [2.75, 3.05) is 0 Å². The monoisotopic (exact) mass is 236 g/mol. The predicted octanol–water partition coefficient (Wildman–Crippen LogP) is 1.76. The van der Waals surface area contributed by atoms with Crippen LogP contribution in [0.5, 0.6) is 0 Å². The van der Waals surface area contributed by atoms with Crippen LogP contribution in [-0.4, -0.2) is 14.8 Å². The van der Waals surface area contributed by atoms with Gasteiger partial charge in [0, 0.05) is 18.6 Å². The van der Waals surface area contributed by atoms with Gasteiger partial charge in [0.15, 0.2) is 0 Å². The molecule has 0 saturated carbocycles. The molecule has 5 heteroatoms. The summed E-state index contributed by atoms with van der Waals surface area (Å²) in [7, 11) is 1.87. The maximum atomic E-state index is 6.04. The van der Waals surface area contributed by atoms with Crippen molar-refractivity contribution in [1.29, 1.82) is 0 Å². The lowest BCUT2D eigenvalue weighted by Gasteiger charge is -2.05. The van der Waals surface area contributed by atoms with Crippen LogP contribution in [0.4, 0.5) is 0 Å². The van der Waals surface area contributed by atoms with Crippen LogP contribution >= 0.6 is 11.6 Å². The molecule has 1 aromatic carbocycles. The summed E-state index contributed by atoms with van der Waals surface area (Å²) in [5, 5.41) is 8.06. The summed E-state index contributed by atoms with van der Waals surface area (Å²) in [6.45, 7) is 1.41. The zero-order chi connectivity index (χ0) is 11.4. The molecule has 1 N–H and O–H groups in total. The molecule has 0 atom stereocenters. The second-order valence-electron chi connectivity index (χ2n) is 3.49. The Bertz CT molecular complexity index is 467. The van der Waals surface area contributed by atoms with Crippen LogP contribution in [0.15, 0.2) is 30.6 Å². The maximum absolute atomic E-state index is 6.04. The van der Waals surface area contributed by atoms with Crippen molar-refractivity contribution in [3.8, 4) is 0 Å². The normalized spacial score (nSPS) is 10.6. The predicted molar refractivity (Wildman–Crippen MR) is 63.0 cm³/mol. The van der Waals surface area contributed by atoms with Gasteiger partial charge in [-0.15, -0.1) is 0 Å². The molecule has 84 valence electrons. The number of rotatable bonds is 4. The fraction of sp³-hybridized carbons (Fsp3) is 0.273. The van der Waals surface area contributed by atoms with Gasteiger partial charge < -0.3 is 5.32 Å².